The van der Waals surface area contributed by atoms with Crippen LogP contribution in [0.1, 0.15) is 11.7 Å². The molecule has 3 rings (SSSR count). The number of hydrogen-bond acceptors (Lipinski definition) is 3. The van der Waals surface area contributed by atoms with Gasteiger partial charge in [-0.3, -0.25) is 9.59 Å². The largest absolute Gasteiger partial charge is 0.387 e. The number of nitrogens with zero attached hydrogens (tertiary/aromatic N) is 1. The molecule has 2 amide bonds. The lowest BCUT2D eigenvalue weighted by atomic mass is 10.1. The summed E-state index contributed by atoms with van der Waals surface area (Å²) in [5, 5.41) is 16.5. The maximum absolute atomic E-state index is 11.9. The second-order valence-corrected chi connectivity index (χ2v) is 6.31. The molecular weight excluding hydrogens is 354 g/mol. The summed E-state index contributed by atoms with van der Waals surface area (Å²) < 4.78 is 1.98. The lowest BCUT2D eigenvalue weighted by Gasteiger charge is -2.13. The van der Waals surface area contributed by atoms with Gasteiger partial charge in [0.05, 0.1) is 16.8 Å². The van der Waals surface area contributed by atoms with Crippen molar-refractivity contribution in [2.24, 2.45) is 7.05 Å². The van der Waals surface area contributed by atoms with E-state index in [1.807, 2.05) is 36.0 Å². The molecule has 0 aliphatic carbocycles. The molecule has 0 bridgehead atoms. The highest BCUT2D eigenvalue weighted by Crippen LogP contribution is 2.21. The van der Waals surface area contributed by atoms with E-state index in [9.17, 15) is 14.7 Å². The highest BCUT2D eigenvalue weighted by atomic mass is 35.5. The number of halogens is 1. The fourth-order valence-corrected chi connectivity index (χ4v) is 2.82. The number of carbonyl (C=O) groups excluding carboxylic acids is 2. The number of aliphatic hydroxyl groups excluding tert-OH is 1. The molecule has 0 aliphatic rings. The molecule has 0 aliphatic heterocycles. The molecule has 6 nitrogen and oxygen atoms in total. The molecule has 3 aromatic rings. The van der Waals surface area contributed by atoms with E-state index >= 15 is 0 Å². The Labute approximate surface area is 155 Å². The number of fused-ring (bicyclic) bond motifs is 1. The molecule has 0 unspecified atom stereocenters. The summed E-state index contributed by atoms with van der Waals surface area (Å²) in [6.07, 6.45) is 1.01. The number of aliphatic hydroxyl groups is 1. The maximum Gasteiger partial charge on any atom is 0.313 e. The van der Waals surface area contributed by atoms with Gasteiger partial charge in [-0.25, -0.2) is 0 Å². The van der Waals surface area contributed by atoms with Crippen LogP contribution in [0.15, 0.2) is 54.7 Å². The van der Waals surface area contributed by atoms with Crippen LogP contribution in [0.5, 0.6) is 0 Å². The van der Waals surface area contributed by atoms with Crippen LogP contribution in [-0.4, -0.2) is 28.0 Å². The minimum atomic E-state index is -0.920. The van der Waals surface area contributed by atoms with Crippen molar-refractivity contribution in [2.75, 3.05) is 11.9 Å². The predicted octanol–water partition coefficient (Wildman–Crippen LogP) is 2.62. The minimum absolute atomic E-state index is 0.0763. The van der Waals surface area contributed by atoms with Crippen LogP contribution in [0, 0.1) is 0 Å². The molecule has 1 aromatic heterocycles. The van der Waals surface area contributed by atoms with Crippen LogP contribution >= 0.6 is 11.6 Å². The zero-order valence-corrected chi connectivity index (χ0v) is 14.8. The quantitative estimate of drug-likeness (QED) is 0.616. The normalized spacial score (nSPS) is 12.0. The Morgan fingerprint density at radius 1 is 1.15 bits per heavy atom. The van der Waals surface area contributed by atoms with Crippen LogP contribution in [0.2, 0.25) is 5.02 Å². The van der Waals surface area contributed by atoms with Gasteiger partial charge in [0.2, 0.25) is 0 Å². The molecule has 0 fully saturated rings. The van der Waals surface area contributed by atoms with Crippen molar-refractivity contribution in [1.82, 2.24) is 9.88 Å². The van der Waals surface area contributed by atoms with Crippen LogP contribution in [0.3, 0.4) is 0 Å². The van der Waals surface area contributed by atoms with Gasteiger partial charge in [-0.1, -0.05) is 29.8 Å². The molecule has 0 spiro atoms. The standard InChI is InChI=1S/C19H18ClN3O3/c1-23-9-8-12-10-13(6-7-16(12)23)17(24)11-21-18(25)19(26)22-15-5-3-2-4-14(15)20/h2-10,17,24H,11H2,1H3,(H,21,25)(H,22,26)/t17-/m0/s1. The first-order chi connectivity index (χ1) is 12.5. The number of rotatable bonds is 4. The van der Waals surface area contributed by atoms with Crippen LogP contribution < -0.4 is 10.6 Å². The fourth-order valence-electron chi connectivity index (χ4n) is 2.64. The van der Waals surface area contributed by atoms with Crippen molar-refractivity contribution in [2.45, 2.75) is 6.10 Å². The summed E-state index contributed by atoms with van der Waals surface area (Å²) in [6, 6.07) is 14.1. The number of hydrogen-bond donors (Lipinski definition) is 3. The number of nitrogens with one attached hydrogen (secondary N) is 2. The molecule has 3 N–H and O–H groups in total. The Hall–Kier alpha value is -2.83. The topological polar surface area (TPSA) is 83.4 Å². The number of benzene rings is 2. The smallest absolute Gasteiger partial charge is 0.313 e. The van der Waals surface area contributed by atoms with Crippen LogP contribution in [-0.2, 0) is 16.6 Å². The molecule has 0 saturated heterocycles. The molecule has 26 heavy (non-hydrogen) atoms. The average Bonchev–Trinajstić information content (AvgIpc) is 3.01. The Balaban J connectivity index is 1.59. The van der Waals surface area contributed by atoms with Gasteiger partial charge < -0.3 is 20.3 Å². The van der Waals surface area contributed by atoms with Crippen LogP contribution in [0.25, 0.3) is 10.9 Å². The van der Waals surface area contributed by atoms with E-state index in [2.05, 4.69) is 10.6 Å². The van der Waals surface area contributed by atoms with Crippen molar-refractivity contribution in [3.63, 3.8) is 0 Å². The lowest BCUT2D eigenvalue weighted by Crippen LogP contribution is -2.37. The van der Waals surface area contributed by atoms with E-state index in [0.29, 0.717) is 16.3 Å². The van der Waals surface area contributed by atoms with Crippen molar-refractivity contribution in [1.29, 1.82) is 0 Å². The van der Waals surface area contributed by atoms with E-state index in [1.165, 1.54) is 0 Å². The van der Waals surface area contributed by atoms with Gasteiger partial charge in [-0.15, -0.1) is 0 Å². The van der Waals surface area contributed by atoms with Gasteiger partial charge in [0.15, 0.2) is 0 Å². The SMILES string of the molecule is Cn1ccc2cc([C@@H](O)CNC(=O)C(=O)Nc3ccccc3Cl)ccc21. The first-order valence-electron chi connectivity index (χ1n) is 8.02. The van der Waals surface area contributed by atoms with Crippen LogP contribution in [0.4, 0.5) is 5.69 Å². The number of amides is 2. The van der Waals surface area contributed by atoms with E-state index < -0.39 is 17.9 Å². The second-order valence-electron chi connectivity index (χ2n) is 5.90. The zero-order chi connectivity index (χ0) is 18.7. The van der Waals surface area contributed by atoms with E-state index in [0.717, 1.165) is 10.9 Å². The monoisotopic (exact) mass is 371 g/mol. The van der Waals surface area contributed by atoms with E-state index in [-0.39, 0.29) is 6.54 Å². The number of aromatic nitrogens is 1. The first-order valence-corrected chi connectivity index (χ1v) is 8.40. The summed E-state index contributed by atoms with van der Waals surface area (Å²) >= 11 is 5.94. The Morgan fingerprint density at radius 3 is 2.69 bits per heavy atom. The predicted molar refractivity (Wildman–Crippen MR) is 101 cm³/mol. The highest BCUT2D eigenvalue weighted by Gasteiger charge is 2.17. The zero-order valence-electron chi connectivity index (χ0n) is 14.1. The third-order valence-corrected chi connectivity index (χ3v) is 4.41. The summed E-state index contributed by atoms with van der Waals surface area (Å²) in [4.78, 5) is 23.9. The average molecular weight is 372 g/mol. The second kappa shape index (κ2) is 7.59. The molecule has 0 radical (unpaired) electrons. The molecular formula is C19H18ClN3O3. The molecule has 7 heteroatoms. The molecule has 1 heterocycles. The van der Waals surface area contributed by atoms with Gasteiger partial charge >= 0.3 is 11.8 Å². The number of anilines is 1. The summed E-state index contributed by atoms with van der Waals surface area (Å²) in [7, 11) is 1.94. The molecule has 2 aromatic carbocycles. The fraction of sp³-hybridized carbons (Fsp3) is 0.158. The van der Waals surface area contributed by atoms with Crippen molar-refractivity contribution < 1.29 is 14.7 Å². The van der Waals surface area contributed by atoms with Gasteiger partial charge in [0.1, 0.15) is 0 Å². The molecule has 0 saturated carbocycles. The van der Waals surface area contributed by atoms with Gasteiger partial charge in [-0.2, -0.15) is 0 Å². The van der Waals surface area contributed by atoms with E-state index in [4.69, 9.17) is 11.6 Å². The van der Waals surface area contributed by atoms with E-state index in [1.54, 1.807) is 30.3 Å². The highest BCUT2D eigenvalue weighted by molar-refractivity contribution is 6.41. The van der Waals surface area contributed by atoms with Crippen molar-refractivity contribution in [3.05, 3.63) is 65.3 Å². The maximum atomic E-state index is 11.9. The third kappa shape index (κ3) is 3.87. The Morgan fingerprint density at radius 2 is 1.92 bits per heavy atom. The lowest BCUT2D eigenvalue weighted by molar-refractivity contribution is -0.136. The summed E-state index contributed by atoms with van der Waals surface area (Å²) in [5.41, 5.74) is 2.06. The first kappa shape index (κ1) is 18.0. The van der Waals surface area contributed by atoms with Gasteiger partial charge in [0, 0.05) is 25.3 Å². The Kier molecular flexibility index (Phi) is 5.25. The summed E-state index contributed by atoms with van der Waals surface area (Å²) in [5.74, 6) is -1.69. The molecule has 134 valence electrons. The number of aryl methyl sites for hydroxylation is 1. The Bertz CT molecular complexity index is 968. The number of para-hydroxylation sites is 1. The number of carbonyl (C=O) groups is 2. The molecule has 1 atom stereocenters. The van der Waals surface area contributed by atoms with Crippen molar-refractivity contribution >= 4 is 40.0 Å². The van der Waals surface area contributed by atoms with Gasteiger partial charge in [0.25, 0.3) is 0 Å². The minimum Gasteiger partial charge on any atom is -0.387 e. The van der Waals surface area contributed by atoms with Gasteiger partial charge in [-0.05, 0) is 41.3 Å². The van der Waals surface area contributed by atoms with Crippen molar-refractivity contribution in [3.8, 4) is 0 Å². The third-order valence-electron chi connectivity index (χ3n) is 4.08. The summed E-state index contributed by atoms with van der Waals surface area (Å²) in [6.45, 7) is -0.0763.